The first-order valence-corrected chi connectivity index (χ1v) is 12.1. The summed E-state index contributed by atoms with van der Waals surface area (Å²) in [5.41, 5.74) is 3.11. The summed E-state index contributed by atoms with van der Waals surface area (Å²) in [5, 5.41) is 0. The summed E-state index contributed by atoms with van der Waals surface area (Å²) in [6.07, 6.45) is 1.70. The maximum Gasteiger partial charge on any atom is 0.231 e. The van der Waals surface area contributed by atoms with E-state index >= 15 is 0 Å². The second-order valence-electron chi connectivity index (χ2n) is 9.04. The molecule has 36 heavy (non-hydrogen) atoms. The molecule has 3 aliphatic heterocycles. The Hall–Kier alpha value is -3.27. The lowest BCUT2D eigenvalue weighted by Gasteiger charge is -2.33. The summed E-state index contributed by atoms with van der Waals surface area (Å²) in [6, 6.07) is 5.47. The van der Waals surface area contributed by atoms with Crippen LogP contribution in [0.15, 0.2) is 24.0 Å². The molecular formula is C27H32N2O7. The van der Waals surface area contributed by atoms with Gasteiger partial charge in [-0.25, -0.2) is 0 Å². The van der Waals surface area contributed by atoms with E-state index in [1.807, 2.05) is 13.0 Å². The number of carbonyl (C=O) groups is 1. The van der Waals surface area contributed by atoms with Crippen molar-refractivity contribution in [2.75, 3.05) is 67.5 Å². The lowest BCUT2D eigenvalue weighted by molar-refractivity contribution is 0.0239. The quantitative estimate of drug-likeness (QED) is 0.537. The number of rotatable bonds is 7. The van der Waals surface area contributed by atoms with Crippen molar-refractivity contribution in [3.05, 3.63) is 46.2 Å². The number of hydrogen-bond acceptors (Lipinski definition) is 9. The van der Waals surface area contributed by atoms with Gasteiger partial charge in [0, 0.05) is 43.9 Å². The molecule has 0 bridgehead atoms. The summed E-state index contributed by atoms with van der Waals surface area (Å²) in [5.74, 6) is 2.94. The molecule has 0 atom stereocenters. The fourth-order valence-corrected chi connectivity index (χ4v) is 4.88. The van der Waals surface area contributed by atoms with Crippen LogP contribution in [0.2, 0.25) is 0 Å². The Morgan fingerprint density at radius 2 is 1.64 bits per heavy atom. The van der Waals surface area contributed by atoms with Gasteiger partial charge in [0.05, 0.1) is 40.1 Å². The molecule has 3 heterocycles. The molecule has 2 aromatic rings. The Balaban J connectivity index is 1.37. The van der Waals surface area contributed by atoms with Crippen molar-refractivity contribution in [3.8, 4) is 28.7 Å². The smallest absolute Gasteiger partial charge is 0.231 e. The van der Waals surface area contributed by atoms with Gasteiger partial charge >= 0.3 is 0 Å². The number of morpholine rings is 1. The van der Waals surface area contributed by atoms with Gasteiger partial charge in [0.2, 0.25) is 11.5 Å². The maximum absolute atomic E-state index is 13.3. The van der Waals surface area contributed by atoms with Crippen LogP contribution in [-0.4, -0.2) is 83.0 Å². The highest BCUT2D eigenvalue weighted by molar-refractivity contribution is 6.15. The van der Waals surface area contributed by atoms with Crippen molar-refractivity contribution in [2.45, 2.75) is 13.5 Å². The van der Waals surface area contributed by atoms with Crippen LogP contribution >= 0.6 is 0 Å². The number of ether oxygens (including phenoxy) is 6. The molecule has 3 aliphatic rings. The molecule has 192 valence electrons. The third-order valence-electron chi connectivity index (χ3n) is 6.82. The number of fused-ring (bicyclic) bond motifs is 2. The lowest BCUT2D eigenvalue weighted by atomic mass is 10.00. The Bertz CT molecular complexity index is 1160. The average molecular weight is 497 g/mol. The standard InChI is InChI=1S/C27H32N2O7/c1-17-25-19(15-29(16-35-25)6-5-28-7-9-34-10-8-28)14-20-24(30)21(36-26(17)20)11-18-12-22(31-2)27(33-4)23(13-18)32-3/h11-14H,5-10,15-16H2,1-4H3/b21-11-. The van der Waals surface area contributed by atoms with Crippen LogP contribution in [-0.2, 0) is 11.3 Å². The Kier molecular flexibility index (Phi) is 7.04. The number of methoxy groups -OCH3 is 3. The van der Waals surface area contributed by atoms with Gasteiger partial charge in [-0.2, -0.15) is 0 Å². The Labute approximate surface area is 211 Å². The first-order valence-electron chi connectivity index (χ1n) is 12.1. The van der Waals surface area contributed by atoms with Crippen LogP contribution in [0.1, 0.15) is 27.0 Å². The molecule has 0 N–H and O–H groups in total. The summed E-state index contributed by atoms with van der Waals surface area (Å²) in [4.78, 5) is 18.0. The van der Waals surface area contributed by atoms with E-state index in [0.717, 1.165) is 62.8 Å². The molecule has 9 nitrogen and oxygen atoms in total. The van der Waals surface area contributed by atoms with Crippen molar-refractivity contribution in [2.24, 2.45) is 0 Å². The largest absolute Gasteiger partial charge is 0.493 e. The van der Waals surface area contributed by atoms with Crippen molar-refractivity contribution in [1.29, 1.82) is 0 Å². The van der Waals surface area contributed by atoms with Crippen LogP contribution in [0, 0.1) is 6.92 Å². The number of ketones is 1. The van der Waals surface area contributed by atoms with Gasteiger partial charge < -0.3 is 28.4 Å². The van der Waals surface area contributed by atoms with Crippen LogP contribution in [0.25, 0.3) is 6.08 Å². The minimum absolute atomic E-state index is 0.157. The summed E-state index contributed by atoms with van der Waals surface area (Å²) in [7, 11) is 4.66. The zero-order valence-corrected chi connectivity index (χ0v) is 21.2. The van der Waals surface area contributed by atoms with Crippen LogP contribution in [0.5, 0.6) is 28.7 Å². The zero-order chi connectivity index (χ0) is 25.2. The number of hydrogen-bond donors (Lipinski definition) is 0. The second-order valence-corrected chi connectivity index (χ2v) is 9.04. The van der Waals surface area contributed by atoms with Gasteiger partial charge in [0.1, 0.15) is 18.2 Å². The average Bonchev–Trinajstić information content (AvgIpc) is 3.22. The minimum Gasteiger partial charge on any atom is -0.493 e. The fourth-order valence-electron chi connectivity index (χ4n) is 4.88. The van der Waals surface area contributed by atoms with E-state index in [0.29, 0.717) is 40.9 Å². The van der Waals surface area contributed by atoms with Gasteiger partial charge in [0.15, 0.2) is 17.3 Å². The molecular weight excluding hydrogens is 464 g/mol. The molecule has 1 saturated heterocycles. The van der Waals surface area contributed by atoms with E-state index in [-0.39, 0.29) is 11.5 Å². The zero-order valence-electron chi connectivity index (χ0n) is 21.2. The molecule has 2 aromatic carbocycles. The van der Waals surface area contributed by atoms with Crippen LogP contribution in [0.3, 0.4) is 0 Å². The highest BCUT2D eigenvalue weighted by Gasteiger charge is 2.34. The first-order chi connectivity index (χ1) is 17.5. The third kappa shape index (κ3) is 4.61. The molecule has 0 saturated carbocycles. The molecule has 1 fully saturated rings. The van der Waals surface area contributed by atoms with E-state index in [4.69, 9.17) is 28.4 Å². The van der Waals surface area contributed by atoms with E-state index in [9.17, 15) is 4.79 Å². The number of nitrogens with zero attached hydrogens (tertiary/aromatic N) is 2. The molecule has 9 heteroatoms. The molecule has 0 amide bonds. The van der Waals surface area contributed by atoms with Crippen molar-refractivity contribution < 1.29 is 33.2 Å². The van der Waals surface area contributed by atoms with Crippen LogP contribution < -0.4 is 23.7 Å². The van der Waals surface area contributed by atoms with Gasteiger partial charge in [-0.1, -0.05) is 0 Å². The van der Waals surface area contributed by atoms with Crippen molar-refractivity contribution in [1.82, 2.24) is 9.80 Å². The molecule has 0 unspecified atom stereocenters. The van der Waals surface area contributed by atoms with Gasteiger partial charge in [0.25, 0.3) is 0 Å². The Morgan fingerprint density at radius 1 is 0.944 bits per heavy atom. The number of benzene rings is 2. The molecule has 5 rings (SSSR count). The maximum atomic E-state index is 13.3. The summed E-state index contributed by atoms with van der Waals surface area (Å²) >= 11 is 0. The van der Waals surface area contributed by atoms with E-state index in [2.05, 4.69) is 9.80 Å². The van der Waals surface area contributed by atoms with Gasteiger partial charge in [-0.15, -0.1) is 0 Å². The van der Waals surface area contributed by atoms with Gasteiger partial charge in [-0.3, -0.25) is 14.6 Å². The molecule has 0 spiro atoms. The minimum atomic E-state index is -0.157. The fraction of sp³-hybridized carbons (Fsp3) is 0.444. The number of Topliss-reactive ketones (excluding diaryl/α,β-unsaturated/α-hetero) is 1. The topological polar surface area (TPSA) is 78.9 Å². The van der Waals surface area contributed by atoms with Gasteiger partial charge in [-0.05, 0) is 36.8 Å². The first kappa shape index (κ1) is 24.4. The van der Waals surface area contributed by atoms with Crippen LogP contribution in [0.4, 0.5) is 0 Å². The van der Waals surface area contributed by atoms with Crippen molar-refractivity contribution in [3.63, 3.8) is 0 Å². The number of carbonyl (C=O) groups excluding carboxylic acids is 1. The Morgan fingerprint density at radius 3 is 2.31 bits per heavy atom. The molecule has 0 aliphatic carbocycles. The highest BCUT2D eigenvalue weighted by atomic mass is 16.5. The predicted molar refractivity (Wildman–Crippen MR) is 133 cm³/mol. The highest BCUT2D eigenvalue weighted by Crippen LogP contribution is 2.44. The number of allylic oxidation sites excluding steroid dienone is 1. The second kappa shape index (κ2) is 10.4. The normalized spacial score (nSPS) is 18.9. The molecule has 0 aromatic heterocycles. The SMILES string of the molecule is COc1cc(/C=C2\Oc3c(cc4c(c3C)OCN(CCN3CCOCC3)C4)C2=O)cc(OC)c1OC. The van der Waals surface area contributed by atoms with E-state index < -0.39 is 0 Å². The molecule has 0 radical (unpaired) electrons. The lowest BCUT2D eigenvalue weighted by Crippen LogP contribution is -2.43. The van der Waals surface area contributed by atoms with Crippen molar-refractivity contribution >= 4 is 11.9 Å². The third-order valence-corrected chi connectivity index (χ3v) is 6.82. The van der Waals surface area contributed by atoms with E-state index in [1.165, 1.54) is 0 Å². The van der Waals surface area contributed by atoms with E-state index in [1.54, 1.807) is 39.5 Å². The predicted octanol–water partition coefficient (Wildman–Crippen LogP) is 3.12. The summed E-state index contributed by atoms with van der Waals surface area (Å²) in [6.45, 7) is 8.55. The summed E-state index contributed by atoms with van der Waals surface area (Å²) < 4.78 is 33.9. The monoisotopic (exact) mass is 496 g/mol.